The van der Waals surface area contributed by atoms with Gasteiger partial charge in [-0.15, -0.1) is 0 Å². The number of rotatable bonds is 4. The molecule has 2 atom stereocenters. The van der Waals surface area contributed by atoms with Gasteiger partial charge in [0.25, 0.3) is 0 Å². The van der Waals surface area contributed by atoms with Gasteiger partial charge in [0, 0.05) is 12.6 Å². The van der Waals surface area contributed by atoms with Gasteiger partial charge in [-0.25, -0.2) is 0 Å². The molecular weight excluding hydrogens is 122 g/mol. The highest BCUT2D eigenvalue weighted by Crippen LogP contribution is 2.17. The maximum absolute atomic E-state index is 2.53. The third kappa shape index (κ3) is 2.70. The van der Waals surface area contributed by atoms with Crippen LogP contribution in [-0.4, -0.2) is 24.0 Å². The molecule has 0 bridgehead atoms. The molecule has 1 aliphatic heterocycles. The van der Waals surface area contributed by atoms with Gasteiger partial charge in [-0.05, 0) is 32.2 Å². The summed E-state index contributed by atoms with van der Waals surface area (Å²) in [6, 6.07) is 0.896. The van der Waals surface area contributed by atoms with Crippen molar-refractivity contribution in [3.05, 3.63) is 0 Å². The van der Waals surface area contributed by atoms with E-state index in [9.17, 15) is 0 Å². The highest BCUT2D eigenvalue weighted by atomic mass is 15.3. The lowest BCUT2D eigenvalue weighted by molar-refractivity contribution is 0.453. The Morgan fingerprint density at radius 1 is 1.50 bits per heavy atom. The molecule has 0 saturated carbocycles. The third-order valence-electron chi connectivity index (χ3n) is 2.22. The van der Waals surface area contributed by atoms with Gasteiger partial charge in [-0.3, -0.25) is 4.90 Å². The monoisotopic (exact) mass is 141 g/mol. The summed E-state index contributed by atoms with van der Waals surface area (Å²) in [5, 5.41) is 0. The molecule has 1 saturated heterocycles. The predicted octanol–water partition coefficient (Wildman–Crippen LogP) is 2.13. The lowest BCUT2D eigenvalue weighted by Gasteiger charge is -2.04. The summed E-state index contributed by atoms with van der Waals surface area (Å²) in [7, 11) is 0. The van der Waals surface area contributed by atoms with E-state index in [0.29, 0.717) is 0 Å². The Balaban J connectivity index is 1.87. The smallest absolute Gasteiger partial charge is 0.0195 e. The molecular formula is C9H19N. The van der Waals surface area contributed by atoms with E-state index < -0.39 is 0 Å². The minimum absolute atomic E-state index is 0.884. The van der Waals surface area contributed by atoms with Crippen molar-refractivity contribution in [1.82, 2.24) is 4.90 Å². The Morgan fingerprint density at radius 3 is 2.50 bits per heavy atom. The molecule has 0 aromatic carbocycles. The highest BCUT2D eigenvalue weighted by molar-refractivity contribution is 4.83. The van der Waals surface area contributed by atoms with Gasteiger partial charge >= 0.3 is 0 Å². The molecule has 10 heavy (non-hydrogen) atoms. The summed E-state index contributed by atoms with van der Waals surface area (Å²) in [5.41, 5.74) is 0. The van der Waals surface area contributed by atoms with Crippen LogP contribution in [0.1, 0.15) is 33.6 Å². The minimum Gasteiger partial charge on any atom is -0.298 e. The van der Waals surface area contributed by atoms with Gasteiger partial charge in [0.05, 0.1) is 0 Å². The van der Waals surface area contributed by atoms with Gasteiger partial charge in [-0.1, -0.05) is 13.8 Å². The Labute approximate surface area is 64.4 Å². The van der Waals surface area contributed by atoms with Crippen LogP contribution in [0.2, 0.25) is 0 Å². The van der Waals surface area contributed by atoms with Gasteiger partial charge in [-0.2, -0.15) is 0 Å². The molecule has 2 unspecified atom stereocenters. The number of hydrogen-bond acceptors (Lipinski definition) is 1. The fourth-order valence-corrected chi connectivity index (χ4v) is 1.31. The number of nitrogens with zero attached hydrogens (tertiary/aromatic N) is 1. The molecule has 1 heterocycles. The summed E-state index contributed by atoms with van der Waals surface area (Å²) in [4.78, 5) is 2.53. The van der Waals surface area contributed by atoms with Crippen LogP contribution in [-0.2, 0) is 0 Å². The van der Waals surface area contributed by atoms with E-state index in [4.69, 9.17) is 0 Å². The average molecular weight is 141 g/mol. The highest BCUT2D eigenvalue weighted by Gasteiger charge is 2.27. The van der Waals surface area contributed by atoms with E-state index >= 15 is 0 Å². The van der Waals surface area contributed by atoms with Crippen LogP contribution in [0, 0.1) is 5.92 Å². The molecule has 0 aromatic rings. The summed E-state index contributed by atoms with van der Waals surface area (Å²) in [6.45, 7) is 9.57. The van der Waals surface area contributed by atoms with Crippen LogP contribution < -0.4 is 0 Å². The molecule has 0 amide bonds. The molecule has 0 aromatic heterocycles. The predicted molar refractivity (Wildman–Crippen MR) is 45.1 cm³/mol. The summed E-state index contributed by atoms with van der Waals surface area (Å²) < 4.78 is 0. The van der Waals surface area contributed by atoms with Crippen molar-refractivity contribution in [2.45, 2.75) is 39.7 Å². The normalized spacial score (nSPS) is 31.2. The first-order valence-electron chi connectivity index (χ1n) is 4.44. The largest absolute Gasteiger partial charge is 0.298 e. The van der Waals surface area contributed by atoms with E-state index in [-0.39, 0.29) is 0 Å². The Hall–Kier alpha value is -0.0400. The van der Waals surface area contributed by atoms with Crippen molar-refractivity contribution in [3.8, 4) is 0 Å². The topological polar surface area (TPSA) is 3.01 Å². The summed E-state index contributed by atoms with van der Waals surface area (Å²) in [6.07, 6.45) is 2.78. The van der Waals surface area contributed by atoms with Crippen LogP contribution in [0.5, 0.6) is 0 Å². The van der Waals surface area contributed by atoms with Crippen molar-refractivity contribution in [2.24, 2.45) is 5.92 Å². The SMILES string of the molecule is CC(C)CCCN1CC1C. The molecule has 0 radical (unpaired) electrons. The Kier molecular flexibility index (Phi) is 2.72. The lowest BCUT2D eigenvalue weighted by Crippen LogP contribution is -2.03. The first-order valence-corrected chi connectivity index (χ1v) is 4.44. The van der Waals surface area contributed by atoms with Crippen molar-refractivity contribution in [2.75, 3.05) is 13.1 Å². The van der Waals surface area contributed by atoms with Crippen LogP contribution in [0.25, 0.3) is 0 Å². The first kappa shape index (κ1) is 8.06. The van der Waals surface area contributed by atoms with Crippen molar-refractivity contribution < 1.29 is 0 Å². The zero-order valence-electron chi connectivity index (χ0n) is 7.43. The molecule has 0 N–H and O–H groups in total. The quantitative estimate of drug-likeness (QED) is 0.542. The Morgan fingerprint density at radius 2 is 2.10 bits per heavy atom. The average Bonchev–Trinajstić information content (AvgIpc) is 2.46. The van der Waals surface area contributed by atoms with E-state index in [1.807, 2.05) is 0 Å². The van der Waals surface area contributed by atoms with Gasteiger partial charge in [0.15, 0.2) is 0 Å². The van der Waals surface area contributed by atoms with Gasteiger partial charge < -0.3 is 0 Å². The zero-order chi connectivity index (χ0) is 7.56. The molecule has 0 aliphatic carbocycles. The third-order valence-corrected chi connectivity index (χ3v) is 2.22. The molecule has 1 rings (SSSR count). The second-order valence-corrected chi connectivity index (χ2v) is 3.88. The first-order chi connectivity index (χ1) is 4.70. The minimum atomic E-state index is 0.884. The summed E-state index contributed by atoms with van der Waals surface area (Å²) in [5.74, 6) is 0.884. The van der Waals surface area contributed by atoms with E-state index in [1.54, 1.807) is 0 Å². The van der Waals surface area contributed by atoms with Crippen LogP contribution in [0.15, 0.2) is 0 Å². The molecule has 1 nitrogen and oxygen atoms in total. The second-order valence-electron chi connectivity index (χ2n) is 3.88. The van der Waals surface area contributed by atoms with Crippen molar-refractivity contribution >= 4 is 0 Å². The molecule has 1 aliphatic rings. The van der Waals surface area contributed by atoms with Gasteiger partial charge in [0.1, 0.15) is 0 Å². The molecule has 1 heteroatoms. The molecule has 1 fully saturated rings. The molecule has 0 spiro atoms. The van der Waals surface area contributed by atoms with E-state index in [2.05, 4.69) is 25.7 Å². The van der Waals surface area contributed by atoms with Crippen LogP contribution >= 0.6 is 0 Å². The Bertz CT molecular complexity index is 98.9. The number of hydrogen-bond donors (Lipinski definition) is 0. The standard InChI is InChI=1S/C9H19N/c1-8(2)5-4-6-10-7-9(10)3/h8-9H,4-7H2,1-3H3. The van der Waals surface area contributed by atoms with E-state index in [0.717, 1.165) is 12.0 Å². The fourth-order valence-electron chi connectivity index (χ4n) is 1.31. The van der Waals surface area contributed by atoms with Gasteiger partial charge in [0.2, 0.25) is 0 Å². The van der Waals surface area contributed by atoms with Crippen molar-refractivity contribution in [3.63, 3.8) is 0 Å². The maximum atomic E-state index is 2.53. The van der Waals surface area contributed by atoms with E-state index in [1.165, 1.54) is 25.9 Å². The zero-order valence-corrected chi connectivity index (χ0v) is 7.43. The van der Waals surface area contributed by atoms with Crippen LogP contribution in [0.4, 0.5) is 0 Å². The summed E-state index contributed by atoms with van der Waals surface area (Å²) >= 11 is 0. The fraction of sp³-hybridized carbons (Fsp3) is 1.00. The molecule has 60 valence electrons. The second kappa shape index (κ2) is 3.38. The maximum Gasteiger partial charge on any atom is 0.0195 e. The van der Waals surface area contributed by atoms with Crippen molar-refractivity contribution in [1.29, 1.82) is 0 Å². The van der Waals surface area contributed by atoms with Crippen LogP contribution in [0.3, 0.4) is 0 Å². The lowest BCUT2D eigenvalue weighted by atomic mass is 10.1.